The van der Waals surface area contributed by atoms with Gasteiger partial charge in [0, 0.05) is 5.92 Å². The third-order valence-corrected chi connectivity index (χ3v) is 5.02. The van der Waals surface area contributed by atoms with Crippen LogP contribution in [0.1, 0.15) is 44.2 Å². The maximum atomic E-state index is 9.93. The molecule has 0 aromatic heterocycles. The largest absolute Gasteiger partial charge is 0.493 e. The Morgan fingerprint density at radius 3 is 2.95 bits per heavy atom. The molecule has 0 saturated heterocycles. The molecule has 1 fully saturated rings. The van der Waals surface area contributed by atoms with Gasteiger partial charge in [-0.15, -0.1) is 0 Å². The lowest BCUT2D eigenvalue weighted by molar-refractivity contribution is -0.0603. The summed E-state index contributed by atoms with van der Waals surface area (Å²) in [6.07, 6.45) is 4.39. The SMILES string of the molecule is CCc1cc2c(c(OC)c1)O[C@]1(C)CC[C@@H](O)C[C@H]1C2. The van der Waals surface area contributed by atoms with Crippen LogP contribution in [0.5, 0.6) is 11.5 Å². The van der Waals surface area contributed by atoms with Crippen molar-refractivity contribution in [1.82, 2.24) is 0 Å². The average Bonchev–Trinajstić information content (AvgIpc) is 2.44. The predicted molar refractivity (Wildman–Crippen MR) is 78.5 cm³/mol. The number of aliphatic hydroxyl groups is 1. The number of benzene rings is 1. The van der Waals surface area contributed by atoms with Crippen LogP contribution in [0.25, 0.3) is 0 Å². The van der Waals surface area contributed by atoms with E-state index < -0.39 is 0 Å². The minimum atomic E-state index is -0.172. The van der Waals surface area contributed by atoms with Crippen LogP contribution in [0.15, 0.2) is 12.1 Å². The van der Waals surface area contributed by atoms with Crippen molar-refractivity contribution < 1.29 is 14.6 Å². The molecular formula is C17H24O3. The normalized spacial score (nSPS) is 32.0. The van der Waals surface area contributed by atoms with Gasteiger partial charge in [0.2, 0.25) is 0 Å². The first-order chi connectivity index (χ1) is 9.55. The zero-order valence-corrected chi connectivity index (χ0v) is 12.6. The van der Waals surface area contributed by atoms with Gasteiger partial charge in [0.05, 0.1) is 13.2 Å². The van der Waals surface area contributed by atoms with Crippen LogP contribution < -0.4 is 9.47 Å². The third kappa shape index (κ3) is 2.18. The first-order valence-corrected chi connectivity index (χ1v) is 7.62. The Bertz CT molecular complexity index is 511. The van der Waals surface area contributed by atoms with Crippen molar-refractivity contribution in [3.8, 4) is 11.5 Å². The maximum Gasteiger partial charge on any atom is 0.165 e. The highest BCUT2D eigenvalue weighted by molar-refractivity contribution is 5.51. The van der Waals surface area contributed by atoms with Crippen LogP contribution in [0.2, 0.25) is 0 Å². The van der Waals surface area contributed by atoms with Gasteiger partial charge in [0.15, 0.2) is 11.5 Å². The summed E-state index contributed by atoms with van der Waals surface area (Å²) in [7, 11) is 1.71. The van der Waals surface area contributed by atoms with Gasteiger partial charge in [0.25, 0.3) is 0 Å². The van der Waals surface area contributed by atoms with Crippen molar-refractivity contribution in [3.05, 3.63) is 23.3 Å². The Morgan fingerprint density at radius 1 is 1.45 bits per heavy atom. The summed E-state index contributed by atoms with van der Waals surface area (Å²) in [5.74, 6) is 2.17. The van der Waals surface area contributed by atoms with Crippen molar-refractivity contribution in [2.24, 2.45) is 5.92 Å². The smallest absolute Gasteiger partial charge is 0.165 e. The van der Waals surface area contributed by atoms with Crippen LogP contribution in [0, 0.1) is 5.92 Å². The highest BCUT2D eigenvalue weighted by Crippen LogP contribution is 2.48. The Labute approximate surface area is 120 Å². The summed E-state index contributed by atoms with van der Waals surface area (Å²) in [6.45, 7) is 4.33. The molecule has 1 N–H and O–H groups in total. The zero-order valence-electron chi connectivity index (χ0n) is 12.6. The van der Waals surface area contributed by atoms with E-state index in [0.29, 0.717) is 5.92 Å². The molecule has 0 radical (unpaired) electrons. The second-order valence-electron chi connectivity index (χ2n) is 6.38. The van der Waals surface area contributed by atoms with Gasteiger partial charge in [0.1, 0.15) is 5.60 Å². The predicted octanol–water partition coefficient (Wildman–Crippen LogP) is 3.11. The van der Waals surface area contributed by atoms with E-state index in [1.165, 1.54) is 11.1 Å². The quantitative estimate of drug-likeness (QED) is 0.902. The molecule has 1 aliphatic carbocycles. The molecule has 3 atom stereocenters. The molecule has 1 heterocycles. The van der Waals surface area contributed by atoms with Gasteiger partial charge in [-0.2, -0.15) is 0 Å². The fraction of sp³-hybridized carbons (Fsp3) is 0.647. The molecule has 0 bridgehead atoms. The fourth-order valence-corrected chi connectivity index (χ4v) is 3.63. The number of methoxy groups -OCH3 is 1. The molecule has 2 aliphatic rings. The van der Waals surface area contributed by atoms with E-state index in [0.717, 1.165) is 43.6 Å². The summed E-state index contributed by atoms with van der Waals surface area (Å²) < 4.78 is 11.9. The zero-order chi connectivity index (χ0) is 14.3. The van der Waals surface area contributed by atoms with E-state index >= 15 is 0 Å². The minimum absolute atomic E-state index is 0.159. The van der Waals surface area contributed by atoms with Crippen LogP contribution in [0.3, 0.4) is 0 Å². The molecular weight excluding hydrogens is 252 g/mol. The van der Waals surface area contributed by atoms with E-state index in [1.807, 2.05) is 0 Å². The van der Waals surface area contributed by atoms with Crippen LogP contribution >= 0.6 is 0 Å². The third-order valence-electron chi connectivity index (χ3n) is 5.02. The molecule has 3 nitrogen and oxygen atoms in total. The topological polar surface area (TPSA) is 38.7 Å². The van der Waals surface area contributed by atoms with Gasteiger partial charge in [-0.3, -0.25) is 0 Å². The molecule has 0 spiro atoms. The second-order valence-corrected chi connectivity index (χ2v) is 6.38. The van der Waals surface area contributed by atoms with E-state index in [4.69, 9.17) is 9.47 Å². The van der Waals surface area contributed by atoms with Crippen LogP contribution in [-0.2, 0) is 12.8 Å². The molecule has 0 unspecified atom stereocenters. The minimum Gasteiger partial charge on any atom is -0.493 e. The molecule has 1 aromatic carbocycles. The maximum absolute atomic E-state index is 9.93. The van der Waals surface area contributed by atoms with E-state index in [1.54, 1.807) is 7.11 Å². The number of hydrogen-bond donors (Lipinski definition) is 1. The number of hydrogen-bond acceptors (Lipinski definition) is 3. The van der Waals surface area contributed by atoms with Gasteiger partial charge >= 0.3 is 0 Å². The average molecular weight is 276 g/mol. The van der Waals surface area contributed by atoms with Crippen molar-refractivity contribution >= 4 is 0 Å². The first-order valence-electron chi connectivity index (χ1n) is 7.62. The summed E-state index contributed by atoms with van der Waals surface area (Å²) in [5, 5.41) is 9.93. The molecule has 1 aromatic rings. The van der Waals surface area contributed by atoms with Gasteiger partial charge in [-0.05, 0) is 56.2 Å². The Morgan fingerprint density at radius 2 is 2.25 bits per heavy atom. The van der Waals surface area contributed by atoms with E-state index in [9.17, 15) is 5.11 Å². The molecule has 0 amide bonds. The Balaban J connectivity index is 2.01. The molecule has 3 heteroatoms. The van der Waals surface area contributed by atoms with Crippen molar-refractivity contribution in [1.29, 1.82) is 0 Å². The van der Waals surface area contributed by atoms with Gasteiger partial charge in [-0.1, -0.05) is 13.0 Å². The summed E-state index contributed by atoms with van der Waals surface area (Å²) in [6, 6.07) is 4.32. The summed E-state index contributed by atoms with van der Waals surface area (Å²) in [5.41, 5.74) is 2.36. The van der Waals surface area contributed by atoms with Crippen LogP contribution in [-0.4, -0.2) is 23.9 Å². The summed E-state index contributed by atoms with van der Waals surface area (Å²) in [4.78, 5) is 0. The highest BCUT2D eigenvalue weighted by Gasteiger charge is 2.45. The van der Waals surface area contributed by atoms with Gasteiger partial charge in [-0.25, -0.2) is 0 Å². The van der Waals surface area contributed by atoms with Crippen molar-refractivity contribution in [2.45, 2.75) is 57.7 Å². The lowest BCUT2D eigenvalue weighted by Gasteiger charge is -2.47. The number of aliphatic hydroxyl groups excluding tert-OH is 1. The Kier molecular flexibility index (Phi) is 3.41. The molecule has 110 valence electrons. The second kappa shape index (κ2) is 4.96. The molecule has 20 heavy (non-hydrogen) atoms. The number of rotatable bonds is 2. The summed E-state index contributed by atoms with van der Waals surface area (Å²) >= 11 is 0. The lowest BCUT2D eigenvalue weighted by atomic mass is 9.70. The molecule has 1 saturated carbocycles. The number of aryl methyl sites for hydroxylation is 1. The van der Waals surface area contributed by atoms with Crippen molar-refractivity contribution in [2.75, 3.05) is 7.11 Å². The fourth-order valence-electron chi connectivity index (χ4n) is 3.63. The lowest BCUT2D eigenvalue weighted by Crippen LogP contribution is -2.49. The van der Waals surface area contributed by atoms with Gasteiger partial charge < -0.3 is 14.6 Å². The number of ether oxygens (including phenoxy) is 2. The van der Waals surface area contributed by atoms with E-state index in [2.05, 4.69) is 26.0 Å². The van der Waals surface area contributed by atoms with Crippen molar-refractivity contribution in [3.63, 3.8) is 0 Å². The van der Waals surface area contributed by atoms with E-state index in [-0.39, 0.29) is 11.7 Å². The van der Waals surface area contributed by atoms with Crippen LogP contribution in [0.4, 0.5) is 0 Å². The molecule has 1 aliphatic heterocycles. The monoisotopic (exact) mass is 276 g/mol. The Hall–Kier alpha value is -1.22. The standard InChI is InChI=1S/C17H24O3/c1-4-11-7-12-9-13-10-14(18)5-6-17(13,2)20-16(12)15(8-11)19-3/h7-8,13-14,18H,4-6,9-10H2,1-3H3/t13-,14-,17-/m1/s1. The highest BCUT2D eigenvalue weighted by atomic mass is 16.5. The first kappa shape index (κ1) is 13.7. The molecule has 3 rings (SSSR count). The number of fused-ring (bicyclic) bond motifs is 2.